The Morgan fingerprint density at radius 2 is 1.93 bits per heavy atom. The minimum atomic E-state index is -1.67. The normalized spacial score (nSPS) is 24.2. The summed E-state index contributed by atoms with van der Waals surface area (Å²) < 4.78 is 5.21. The second-order valence-electron chi connectivity index (χ2n) is 6.45. The zero-order chi connectivity index (χ0) is 20.6. The monoisotopic (exact) mass is 388 g/mol. The fourth-order valence-electron chi connectivity index (χ4n) is 2.67. The van der Waals surface area contributed by atoms with Crippen LogP contribution < -0.4 is 10.6 Å². The molecule has 0 radical (unpaired) electrons. The van der Waals surface area contributed by atoms with Crippen molar-refractivity contribution < 1.29 is 39.5 Å². The van der Waals surface area contributed by atoms with Gasteiger partial charge in [0, 0.05) is 19.9 Å². The molecule has 0 saturated heterocycles. The summed E-state index contributed by atoms with van der Waals surface area (Å²) in [6.07, 6.45) is -2.50. The lowest BCUT2D eigenvalue weighted by atomic mass is 9.93. The Morgan fingerprint density at radius 3 is 2.48 bits per heavy atom. The van der Waals surface area contributed by atoms with Crippen molar-refractivity contribution in [2.45, 2.75) is 70.0 Å². The molecule has 2 amide bonds. The molecule has 0 unspecified atom stereocenters. The van der Waals surface area contributed by atoms with E-state index in [4.69, 9.17) is 9.84 Å². The Bertz CT molecular complexity index is 565. The third-order valence-corrected chi connectivity index (χ3v) is 4.14. The fraction of sp³-hybridized carbons (Fsp3) is 0.706. The number of carboxylic acids is 1. The third-order valence-electron chi connectivity index (χ3n) is 4.14. The summed E-state index contributed by atoms with van der Waals surface area (Å²) in [5.41, 5.74) is 0. The lowest BCUT2D eigenvalue weighted by Gasteiger charge is -2.38. The van der Waals surface area contributed by atoms with Gasteiger partial charge in [-0.15, -0.1) is 0 Å². The first-order chi connectivity index (χ1) is 12.7. The average Bonchev–Trinajstić information content (AvgIpc) is 2.60. The van der Waals surface area contributed by atoms with Gasteiger partial charge in [-0.1, -0.05) is 19.8 Å². The van der Waals surface area contributed by atoms with Crippen LogP contribution in [-0.2, 0) is 19.1 Å². The van der Waals surface area contributed by atoms with E-state index in [2.05, 4.69) is 10.6 Å². The van der Waals surface area contributed by atoms with E-state index in [-0.39, 0.29) is 13.0 Å². The first-order valence-corrected chi connectivity index (χ1v) is 8.87. The number of carbonyl (C=O) groups excluding carboxylic acids is 2. The molecule has 1 aliphatic rings. The molecule has 0 aromatic rings. The van der Waals surface area contributed by atoms with E-state index in [1.807, 2.05) is 6.92 Å². The van der Waals surface area contributed by atoms with Crippen LogP contribution in [0.1, 0.15) is 39.5 Å². The van der Waals surface area contributed by atoms with Crippen LogP contribution >= 0.6 is 0 Å². The van der Waals surface area contributed by atoms with Gasteiger partial charge in [0.05, 0.1) is 6.04 Å². The zero-order valence-electron chi connectivity index (χ0n) is 15.4. The topological polar surface area (TPSA) is 165 Å². The summed E-state index contributed by atoms with van der Waals surface area (Å²) in [5, 5.41) is 44.6. The minimum absolute atomic E-state index is 0.198. The molecule has 0 fully saturated rings. The maximum Gasteiger partial charge on any atom is 0.370 e. The molecular weight excluding hydrogens is 360 g/mol. The van der Waals surface area contributed by atoms with E-state index in [1.54, 1.807) is 0 Å². The lowest BCUT2D eigenvalue weighted by molar-refractivity contribution is -0.148. The van der Waals surface area contributed by atoms with Crippen LogP contribution in [0.5, 0.6) is 0 Å². The summed E-state index contributed by atoms with van der Waals surface area (Å²) in [5.74, 6) is -2.89. The number of unbranched alkanes of at least 4 members (excludes halogenated alkanes) is 2. The van der Waals surface area contributed by atoms with Crippen LogP contribution in [0.3, 0.4) is 0 Å². The van der Waals surface area contributed by atoms with Gasteiger partial charge in [0.1, 0.15) is 18.3 Å². The van der Waals surface area contributed by atoms with Gasteiger partial charge < -0.3 is 35.8 Å². The number of nitrogens with one attached hydrogen (secondary N) is 2. The number of aliphatic carboxylic acids is 1. The highest BCUT2D eigenvalue weighted by Gasteiger charge is 2.43. The predicted octanol–water partition coefficient (Wildman–Crippen LogP) is -1.36. The van der Waals surface area contributed by atoms with Gasteiger partial charge >= 0.3 is 5.97 Å². The molecule has 0 bridgehead atoms. The number of rotatable bonds is 10. The van der Waals surface area contributed by atoms with Crippen molar-refractivity contribution in [3.8, 4) is 0 Å². The summed E-state index contributed by atoms with van der Waals surface area (Å²) in [4.78, 5) is 34.2. The number of hydrogen-bond donors (Lipinski definition) is 6. The Balaban J connectivity index is 2.91. The average molecular weight is 388 g/mol. The van der Waals surface area contributed by atoms with Crippen LogP contribution in [0.2, 0.25) is 0 Å². The number of carbonyl (C=O) groups is 3. The maximum absolute atomic E-state index is 12.1. The summed E-state index contributed by atoms with van der Waals surface area (Å²) in [6.45, 7) is 2.90. The van der Waals surface area contributed by atoms with Crippen molar-refractivity contribution in [3.63, 3.8) is 0 Å². The highest BCUT2D eigenvalue weighted by Crippen LogP contribution is 2.23. The van der Waals surface area contributed by atoms with Gasteiger partial charge in [-0.3, -0.25) is 9.59 Å². The van der Waals surface area contributed by atoms with Gasteiger partial charge in [-0.25, -0.2) is 4.79 Å². The van der Waals surface area contributed by atoms with E-state index in [9.17, 15) is 29.7 Å². The SMILES string of the molecule is CCCCCC(=O)N[C@H]1[C@H]([C@@H](O)[C@@H](O)CNC(C)=O)OC(C(=O)O)=C[C@@H]1O. The van der Waals surface area contributed by atoms with E-state index in [0.29, 0.717) is 6.42 Å². The van der Waals surface area contributed by atoms with Gasteiger partial charge in [0.15, 0.2) is 6.10 Å². The van der Waals surface area contributed by atoms with E-state index in [0.717, 1.165) is 18.9 Å². The molecule has 6 N–H and O–H groups in total. The molecule has 10 heteroatoms. The molecule has 1 heterocycles. The maximum atomic E-state index is 12.1. The van der Waals surface area contributed by atoms with E-state index >= 15 is 0 Å². The first kappa shape index (κ1) is 22.9. The van der Waals surface area contributed by atoms with Crippen molar-refractivity contribution in [3.05, 3.63) is 11.8 Å². The van der Waals surface area contributed by atoms with Gasteiger partial charge in [0.25, 0.3) is 0 Å². The number of hydrogen-bond acceptors (Lipinski definition) is 7. The molecule has 0 aromatic heterocycles. The molecule has 10 nitrogen and oxygen atoms in total. The molecule has 0 saturated carbocycles. The summed E-state index contributed by atoms with van der Waals surface area (Å²) in [7, 11) is 0. The molecule has 0 spiro atoms. The Kier molecular flexibility index (Phi) is 9.19. The van der Waals surface area contributed by atoms with Crippen LogP contribution in [0.4, 0.5) is 0 Å². The van der Waals surface area contributed by atoms with Crippen molar-refractivity contribution in [1.82, 2.24) is 10.6 Å². The zero-order valence-corrected chi connectivity index (χ0v) is 15.4. The standard InChI is InChI=1S/C17H28N2O8/c1-3-4-5-6-13(23)19-14-10(21)7-12(17(25)26)27-16(14)15(24)11(22)8-18-9(2)20/h7,10-11,14-16,21-22,24H,3-6,8H2,1-2H3,(H,18,20)(H,19,23)(H,25,26)/t10-,11-,14+,15-,16+/m0/s1. The van der Waals surface area contributed by atoms with Gasteiger partial charge in [-0.2, -0.15) is 0 Å². The third kappa shape index (κ3) is 7.16. The van der Waals surface area contributed by atoms with E-state index < -0.39 is 54.0 Å². The van der Waals surface area contributed by atoms with Crippen molar-refractivity contribution in [1.29, 1.82) is 0 Å². The minimum Gasteiger partial charge on any atom is -0.478 e. The highest BCUT2D eigenvalue weighted by molar-refractivity contribution is 5.84. The smallest absolute Gasteiger partial charge is 0.370 e. The molecule has 1 rings (SSSR count). The Hall–Kier alpha value is -2.17. The summed E-state index contributed by atoms with van der Waals surface area (Å²) >= 11 is 0. The molecule has 27 heavy (non-hydrogen) atoms. The predicted molar refractivity (Wildman–Crippen MR) is 93.4 cm³/mol. The van der Waals surface area contributed by atoms with Crippen LogP contribution in [0, 0.1) is 0 Å². The van der Waals surface area contributed by atoms with Crippen LogP contribution in [0.15, 0.2) is 11.8 Å². The second kappa shape index (κ2) is 10.9. The number of carboxylic acid groups (broad SMARTS) is 1. The number of ether oxygens (including phenoxy) is 1. The largest absolute Gasteiger partial charge is 0.478 e. The van der Waals surface area contributed by atoms with Crippen LogP contribution in [-0.4, -0.2) is 75.2 Å². The molecular formula is C17H28N2O8. The van der Waals surface area contributed by atoms with Crippen molar-refractivity contribution in [2.24, 2.45) is 0 Å². The molecule has 0 aliphatic carbocycles. The number of aliphatic hydroxyl groups is 3. The molecule has 0 aromatic carbocycles. The first-order valence-electron chi connectivity index (χ1n) is 8.87. The molecule has 154 valence electrons. The summed E-state index contributed by atoms with van der Waals surface area (Å²) in [6, 6.07) is -1.16. The second-order valence-corrected chi connectivity index (χ2v) is 6.45. The quantitative estimate of drug-likeness (QED) is 0.250. The van der Waals surface area contributed by atoms with Crippen LogP contribution in [0.25, 0.3) is 0 Å². The molecule has 5 atom stereocenters. The van der Waals surface area contributed by atoms with Crippen molar-refractivity contribution >= 4 is 17.8 Å². The number of aliphatic hydroxyl groups excluding tert-OH is 3. The fourth-order valence-corrected chi connectivity index (χ4v) is 2.67. The van der Waals surface area contributed by atoms with Gasteiger partial charge in [-0.05, 0) is 12.5 Å². The highest BCUT2D eigenvalue weighted by atomic mass is 16.5. The lowest BCUT2D eigenvalue weighted by Crippen LogP contribution is -2.60. The Morgan fingerprint density at radius 1 is 1.26 bits per heavy atom. The van der Waals surface area contributed by atoms with Gasteiger partial charge in [0.2, 0.25) is 17.6 Å². The van der Waals surface area contributed by atoms with Crippen molar-refractivity contribution in [2.75, 3.05) is 6.54 Å². The number of amides is 2. The molecule has 1 aliphatic heterocycles. The van der Waals surface area contributed by atoms with E-state index in [1.165, 1.54) is 6.92 Å². The Labute approximate surface area is 157 Å².